The van der Waals surface area contributed by atoms with Crippen LogP contribution in [0.25, 0.3) is 10.9 Å². The van der Waals surface area contributed by atoms with Gasteiger partial charge in [-0.25, -0.2) is 4.79 Å². The highest BCUT2D eigenvalue weighted by Crippen LogP contribution is 2.36. The number of likely N-dealkylation sites (tertiary alicyclic amines) is 1. The molecule has 32 heavy (non-hydrogen) atoms. The number of fused-ring (bicyclic) bond motifs is 2. The molecule has 0 radical (unpaired) electrons. The summed E-state index contributed by atoms with van der Waals surface area (Å²) in [6.07, 6.45) is 4.86. The van der Waals surface area contributed by atoms with Crippen molar-refractivity contribution in [2.75, 3.05) is 18.4 Å². The molecule has 0 saturated carbocycles. The Morgan fingerprint density at radius 1 is 1.22 bits per heavy atom. The Balaban J connectivity index is 1.35. The number of nitrogens with one attached hydrogen (secondary N) is 2. The molecule has 2 aliphatic heterocycles. The molecule has 0 spiro atoms. The minimum atomic E-state index is -0.538. The molecule has 0 atom stereocenters. The summed E-state index contributed by atoms with van der Waals surface area (Å²) in [5, 5.41) is 11.5. The van der Waals surface area contributed by atoms with Crippen molar-refractivity contribution in [2.45, 2.75) is 45.9 Å². The summed E-state index contributed by atoms with van der Waals surface area (Å²) >= 11 is 0. The molecule has 0 unspecified atom stereocenters. The fraction of sp³-hybridized carbons (Fsp3) is 0.391. The molecule has 4 heterocycles. The Hall–Kier alpha value is -3.62. The summed E-state index contributed by atoms with van der Waals surface area (Å²) in [5.41, 5.74) is 4.52. The third kappa shape index (κ3) is 3.43. The van der Waals surface area contributed by atoms with E-state index in [9.17, 15) is 9.59 Å². The van der Waals surface area contributed by atoms with E-state index in [-0.39, 0.29) is 18.0 Å². The Morgan fingerprint density at radius 2 is 2.00 bits per heavy atom. The summed E-state index contributed by atoms with van der Waals surface area (Å²) in [7, 11) is 0. The number of pyridine rings is 1. The van der Waals surface area contributed by atoms with Crippen LogP contribution < -0.4 is 5.32 Å². The SMILES string of the molecule is Cc1ccc2[nH]ncc2c1Nc1cncc2c1C(=O)N(C1CN(C(=O)OC(C)(C)C)C1)C2. The number of hydrogen-bond donors (Lipinski definition) is 2. The van der Waals surface area contributed by atoms with Crippen molar-refractivity contribution in [3.63, 3.8) is 0 Å². The number of ether oxygens (including phenoxy) is 1. The number of aromatic nitrogens is 3. The second kappa shape index (κ2) is 7.22. The maximum atomic E-state index is 13.4. The third-order valence-electron chi connectivity index (χ3n) is 5.89. The molecule has 166 valence electrons. The number of carbonyl (C=O) groups is 2. The number of amides is 2. The van der Waals surface area contributed by atoms with Gasteiger partial charge in [-0.3, -0.25) is 14.9 Å². The van der Waals surface area contributed by atoms with Crippen molar-refractivity contribution in [3.05, 3.63) is 47.4 Å². The summed E-state index contributed by atoms with van der Waals surface area (Å²) in [5.74, 6) is -0.0456. The predicted octanol–water partition coefficient (Wildman–Crippen LogP) is 3.59. The van der Waals surface area contributed by atoms with Gasteiger partial charge in [0, 0.05) is 36.8 Å². The van der Waals surface area contributed by atoms with Crippen molar-refractivity contribution in [1.82, 2.24) is 25.0 Å². The van der Waals surface area contributed by atoms with E-state index in [2.05, 4.69) is 20.5 Å². The molecule has 0 bridgehead atoms. The molecular formula is C23H26N6O3. The van der Waals surface area contributed by atoms with Gasteiger partial charge in [-0.2, -0.15) is 5.10 Å². The summed E-state index contributed by atoms with van der Waals surface area (Å²) in [6.45, 7) is 8.97. The summed E-state index contributed by atoms with van der Waals surface area (Å²) < 4.78 is 5.42. The number of hydrogen-bond acceptors (Lipinski definition) is 6. The van der Waals surface area contributed by atoms with Gasteiger partial charge < -0.3 is 19.9 Å². The highest BCUT2D eigenvalue weighted by molar-refractivity contribution is 6.05. The van der Waals surface area contributed by atoms with Crippen molar-refractivity contribution < 1.29 is 14.3 Å². The number of anilines is 2. The number of aryl methyl sites for hydroxylation is 1. The van der Waals surface area contributed by atoms with Gasteiger partial charge in [0.1, 0.15) is 5.60 Å². The molecule has 1 saturated heterocycles. The molecule has 2 N–H and O–H groups in total. The Labute approximate surface area is 185 Å². The number of benzene rings is 1. The lowest BCUT2D eigenvalue weighted by Gasteiger charge is -2.43. The number of carbonyl (C=O) groups excluding carboxylic acids is 2. The van der Waals surface area contributed by atoms with Crippen LogP contribution >= 0.6 is 0 Å². The van der Waals surface area contributed by atoms with Crippen LogP contribution in [-0.4, -0.2) is 61.7 Å². The predicted molar refractivity (Wildman–Crippen MR) is 120 cm³/mol. The lowest BCUT2D eigenvalue weighted by Crippen LogP contribution is -2.61. The number of aromatic amines is 1. The maximum Gasteiger partial charge on any atom is 0.410 e. The van der Waals surface area contributed by atoms with Crippen molar-refractivity contribution in [2.24, 2.45) is 0 Å². The molecule has 2 aliphatic rings. The lowest BCUT2D eigenvalue weighted by atomic mass is 10.1. The standard InChI is InChI=1S/C23H26N6O3/c1-13-5-6-17-16(8-25-27-17)20(13)26-18-9-24-7-14-10-29(21(30)19(14)18)15-11-28(12-15)22(31)32-23(2,3)4/h5-9,15,26H,10-12H2,1-4H3,(H,25,27). The first-order chi connectivity index (χ1) is 15.2. The first-order valence-electron chi connectivity index (χ1n) is 10.7. The lowest BCUT2D eigenvalue weighted by molar-refractivity contribution is -0.0125. The van der Waals surface area contributed by atoms with E-state index in [1.165, 1.54) is 0 Å². The topological polar surface area (TPSA) is 103 Å². The smallest absolute Gasteiger partial charge is 0.410 e. The molecule has 1 fully saturated rings. The molecule has 9 nitrogen and oxygen atoms in total. The van der Waals surface area contributed by atoms with Crippen molar-refractivity contribution >= 4 is 34.3 Å². The molecule has 5 rings (SSSR count). The van der Waals surface area contributed by atoms with E-state index in [1.807, 2.05) is 44.7 Å². The minimum Gasteiger partial charge on any atom is -0.444 e. The zero-order valence-electron chi connectivity index (χ0n) is 18.6. The van der Waals surface area contributed by atoms with Gasteiger partial charge in [-0.15, -0.1) is 0 Å². The highest BCUT2D eigenvalue weighted by Gasteiger charge is 2.43. The first-order valence-corrected chi connectivity index (χ1v) is 10.7. The van der Waals surface area contributed by atoms with E-state index in [1.54, 1.807) is 23.5 Å². The molecule has 2 amide bonds. The Morgan fingerprint density at radius 3 is 2.75 bits per heavy atom. The average Bonchev–Trinajstić information content (AvgIpc) is 3.27. The van der Waals surface area contributed by atoms with Gasteiger partial charge in [-0.1, -0.05) is 6.07 Å². The van der Waals surface area contributed by atoms with E-state index in [4.69, 9.17) is 4.74 Å². The molecule has 9 heteroatoms. The van der Waals surface area contributed by atoms with E-state index in [0.29, 0.717) is 30.9 Å². The maximum absolute atomic E-state index is 13.4. The quantitative estimate of drug-likeness (QED) is 0.653. The van der Waals surface area contributed by atoms with Gasteiger partial charge in [0.05, 0.1) is 40.9 Å². The monoisotopic (exact) mass is 434 g/mol. The van der Waals surface area contributed by atoms with Crippen LogP contribution in [-0.2, 0) is 11.3 Å². The van der Waals surface area contributed by atoms with E-state index < -0.39 is 5.60 Å². The van der Waals surface area contributed by atoms with Crippen LogP contribution in [0.5, 0.6) is 0 Å². The third-order valence-corrected chi connectivity index (χ3v) is 5.89. The van der Waals surface area contributed by atoms with E-state index in [0.717, 1.165) is 27.7 Å². The van der Waals surface area contributed by atoms with Gasteiger partial charge in [0.15, 0.2) is 0 Å². The van der Waals surface area contributed by atoms with Gasteiger partial charge in [-0.05, 0) is 39.3 Å². The molecule has 3 aromatic rings. The van der Waals surface area contributed by atoms with Gasteiger partial charge in [0.25, 0.3) is 5.91 Å². The molecule has 0 aliphatic carbocycles. The van der Waals surface area contributed by atoms with Crippen LogP contribution in [0.15, 0.2) is 30.7 Å². The van der Waals surface area contributed by atoms with Crippen LogP contribution in [0.1, 0.15) is 42.3 Å². The highest BCUT2D eigenvalue weighted by atomic mass is 16.6. The normalized spacial score (nSPS) is 16.3. The zero-order valence-corrected chi connectivity index (χ0v) is 18.6. The molecule has 2 aromatic heterocycles. The number of nitrogens with zero attached hydrogens (tertiary/aromatic N) is 4. The van der Waals surface area contributed by atoms with Crippen LogP contribution in [0.2, 0.25) is 0 Å². The molecule has 1 aromatic carbocycles. The van der Waals surface area contributed by atoms with Gasteiger partial charge in [0.2, 0.25) is 0 Å². The van der Waals surface area contributed by atoms with Crippen molar-refractivity contribution in [3.8, 4) is 0 Å². The van der Waals surface area contributed by atoms with Gasteiger partial charge >= 0.3 is 6.09 Å². The summed E-state index contributed by atoms with van der Waals surface area (Å²) in [4.78, 5) is 33.4. The van der Waals surface area contributed by atoms with Crippen LogP contribution in [0.3, 0.4) is 0 Å². The summed E-state index contributed by atoms with van der Waals surface area (Å²) in [6, 6.07) is 3.96. The average molecular weight is 435 g/mol. The first kappa shape index (κ1) is 20.3. The second-order valence-electron chi connectivity index (χ2n) is 9.41. The Kier molecular flexibility index (Phi) is 4.58. The largest absolute Gasteiger partial charge is 0.444 e. The van der Waals surface area contributed by atoms with Crippen LogP contribution in [0.4, 0.5) is 16.2 Å². The van der Waals surface area contributed by atoms with Crippen LogP contribution in [0, 0.1) is 6.92 Å². The Bertz CT molecular complexity index is 1220. The fourth-order valence-electron chi connectivity index (χ4n) is 4.22. The second-order valence-corrected chi connectivity index (χ2v) is 9.41. The number of H-pyrrole nitrogens is 1. The molecular weight excluding hydrogens is 408 g/mol. The minimum absolute atomic E-state index is 0.0330. The van der Waals surface area contributed by atoms with Crippen molar-refractivity contribution in [1.29, 1.82) is 0 Å². The number of rotatable bonds is 3. The fourth-order valence-corrected chi connectivity index (χ4v) is 4.22. The van der Waals surface area contributed by atoms with E-state index >= 15 is 0 Å². The zero-order chi connectivity index (χ0) is 22.6.